The highest BCUT2D eigenvalue weighted by Gasteiger charge is 2.11. The van der Waals surface area contributed by atoms with Crippen molar-refractivity contribution in [1.29, 1.82) is 0 Å². The molecule has 0 radical (unpaired) electrons. The van der Waals surface area contributed by atoms with Gasteiger partial charge in [-0.2, -0.15) is 0 Å². The van der Waals surface area contributed by atoms with Crippen molar-refractivity contribution in [2.75, 3.05) is 0 Å². The second kappa shape index (κ2) is 9.91. The molecule has 0 bridgehead atoms. The molecule has 1 aliphatic rings. The van der Waals surface area contributed by atoms with E-state index in [0.29, 0.717) is 0 Å². The third-order valence-electron chi connectivity index (χ3n) is 1.91. The number of carbonyl (C=O) groups excluding carboxylic acids is 1. The minimum Gasteiger partial charge on any atom is -0.294 e. The molecule has 0 saturated carbocycles. The summed E-state index contributed by atoms with van der Waals surface area (Å²) in [6.07, 6.45) is 17.6. The zero-order valence-electron chi connectivity index (χ0n) is 10.1. The van der Waals surface area contributed by atoms with E-state index < -0.39 is 0 Å². The second-order valence-corrected chi connectivity index (χ2v) is 3.35. The highest BCUT2D eigenvalue weighted by atomic mass is 16.1. The number of allylic oxidation sites excluding steroid dienone is 9. The van der Waals surface area contributed by atoms with Crippen molar-refractivity contribution in [2.24, 2.45) is 5.92 Å². The fourth-order valence-corrected chi connectivity index (χ4v) is 1.18. The van der Waals surface area contributed by atoms with Crippen LogP contribution in [0, 0.1) is 5.92 Å². The van der Waals surface area contributed by atoms with Crippen molar-refractivity contribution in [2.45, 2.75) is 20.3 Å². The van der Waals surface area contributed by atoms with Crippen molar-refractivity contribution in [3.05, 3.63) is 61.3 Å². The molecular formula is C15H20O. The Morgan fingerprint density at radius 2 is 2.00 bits per heavy atom. The van der Waals surface area contributed by atoms with Gasteiger partial charge in [-0.05, 0) is 26.3 Å². The molecule has 1 aliphatic carbocycles. The first-order valence-electron chi connectivity index (χ1n) is 5.49. The lowest BCUT2D eigenvalue weighted by molar-refractivity contribution is -0.116. The van der Waals surface area contributed by atoms with Gasteiger partial charge in [-0.15, -0.1) is 6.58 Å². The maximum absolute atomic E-state index is 11.5. The third-order valence-corrected chi connectivity index (χ3v) is 1.91. The first kappa shape index (κ1) is 14.4. The Morgan fingerprint density at radius 1 is 1.31 bits per heavy atom. The van der Waals surface area contributed by atoms with E-state index in [4.69, 9.17) is 0 Å². The normalized spacial score (nSPS) is 18.5. The van der Waals surface area contributed by atoms with Crippen LogP contribution in [0.1, 0.15) is 20.3 Å². The zero-order chi connectivity index (χ0) is 12.2. The molecular weight excluding hydrogens is 196 g/mol. The molecule has 1 nitrogen and oxygen atoms in total. The van der Waals surface area contributed by atoms with Gasteiger partial charge < -0.3 is 0 Å². The van der Waals surface area contributed by atoms with Crippen molar-refractivity contribution in [3.8, 4) is 0 Å². The molecule has 1 unspecified atom stereocenters. The number of rotatable bonds is 3. The van der Waals surface area contributed by atoms with Gasteiger partial charge in [0.15, 0.2) is 5.78 Å². The first-order valence-corrected chi connectivity index (χ1v) is 5.49. The summed E-state index contributed by atoms with van der Waals surface area (Å²) in [5.74, 6) is 0.227. The molecule has 1 atom stereocenters. The molecule has 0 N–H and O–H groups in total. The van der Waals surface area contributed by atoms with E-state index in [1.165, 1.54) is 0 Å². The van der Waals surface area contributed by atoms with Crippen LogP contribution in [0.15, 0.2) is 61.3 Å². The molecule has 86 valence electrons. The Labute approximate surface area is 98.6 Å². The van der Waals surface area contributed by atoms with E-state index in [1.807, 2.05) is 50.3 Å². The topological polar surface area (TPSA) is 17.1 Å². The average molecular weight is 216 g/mol. The van der Waals surface area contributed by atoms with E-state index in [1.54, 1.807) is 18.2 Å². The molecule has 0 amide bonds. The second-order valence-electron chi connectivity index (χ2n) is 3.35. The van der Waals surface area contributed by atoms with E-state index in [9.17, 15) is 4.79 Å². The average Bonchev–Trinajstić information content (AvgIpc) is 2.31. The maximum atomic E-state index is 11.5. The Balaban J connectivity index is 0.000000673. The van der Waals surface area contributed by atoms with E-state index in [0.717, 1.165) is 6.42 Å². The van der Waals surface area contributed by atoms with Gasteiger partial charge in [-0.3, -0.25) is 4.79 Å². The van der Waals surface area contributed by atoms with Crippen LogP contribution in [0.25, 0.3) is 0 Å². The minimum atomic E-state index is 0.0477. The van der Waals surface area contributed by atoms with Crippen LogP contribution in [-0.2, 0) is 4.79 Å². The minimum absolute atomic E-state index is 0.0477. The molecule has 0 aromatic heterocycles. The molecule has 0 aromatic carbocycles. The first-order chi connectivity index (χ1) is 7.76. The van der Waals surface area contributed by atoms with Crippen LogP contribution < -0.4 is 0 Å². The summed E-state index contributed by atoms with van der Waals surface area (Å²) in [5.41, 5.74) is 0. The van der Waals surface area contributed by atoms with E-state index in [-0.39, 0.29) is 11.7 Å². The highest BCUT2D eigenvalue weighted by Crippen LogP contribution is 2.12. The van der Waals surface area contributed by atoms with Crippen LogP contribution >= 0.6 is 0 Å². The lowest BCUT2D eigenvalue weighted by Gasteiger charge is -2.07. The Bertz CT molecular complexity index is 316. The number of hydrogen-bond acceptors (Lipinski definition) is 1. The molecule has 1 rings (SSSR count). The lowest BCUT2D eigenvalue weighted by Crippen LogP contribution is -2.09. The quantitative estimate of drug-likeness (QED) is 0.396. The summed E-state index contributed by atoms with van der Waals surface area (Å²) in [6.45, 7) is 7.18. The van der Waals surface area contributed by atoms with Gasteiger partial charge in [0, 0.05) is 5.92 Å². The van der Waals surface area contributed by atoms with Crippen molar-refractivity contribution in [3.63, 3.8) is 0 Å². The molecule has 1 heteroatoms. The van der Waals surface area contributed by atoms with Gasteiger partial charge >= 0.3 is 0 Å². The maximum Gasteiger partial charge on any atom is 0.162 e. The standard InChI is InChI=1S/C12H14O.C3H6/c1-2-3-5-10-12(13)11-8-6-4-7-9-11;1-3-2/h2-8,10-11H,9H2,1H3;3H,1H2,2H3/b3-2+,10-5+;. The molecule has 0 aromatic rings. The van der Waals surface area contributed by atoms with Crippen molar-refractivity contribution >= 4 is 5.78 Å². The van der Waals surface area contributed by atoms with Crippen molar-refractivity contribution in [1.82, 2.24) is 0 Å². The summed E-state index contributed by atoms with van der Waals surface area (Å²) >= 11 is 0. The summed E-state index contributed by atoms with van der Waals surface area (Å²) in [5, 5.41) is 0. The van der Waals surface area contributed by atoms with Gasteiger partial charge in [-0.1, -0.05) is 48.6 Å². The Hall–Kier alpha value is -1.63. The van der Waals surface area contributed by atoms with Gasteiger partial charge in [0.25, 0.3) is 0 Å². The summed E-state index contributed by atoms with van der Waals surface area (Å²) in [7, 11) is 0. The van der Waals surface area contributed by atoms with Gasteiger partial charge in [0.2, 0.25) is 0 Å². The monoisotopic (exact) mass is 216 g/mol. The van der Waals surface area contributed by atoms with Gasteiger partial charge in [0.1, 0.15) is 0 Å². The Morgan fingerprint density at radius 3 is 2.50 bits per heavy atom. The Kier molecular flexibility index (Phi) is 8.90. The molecule has 0 aliphatic heterocycles. The van der Waals surface area contributed by atoms with Gasteiger partial charge in [0.05, 0.1) is 0 Å². The summed E-state index contributed by atoms with van der Waals surface area (Å²) in [4.78, 5) is 11.5. The zero-order valence-corrected chi connectivity index (χ0v) is 10.1. The molecule has 16 heavy (non-hydrogen) atoms. The van der Waals surface area contributed by atoms with Crippen LogP contribution in [0.2, 0.25) is 0 Å². The molecule has 0 heterocycles. The summed E-state index contributed by atoms with van der Waals surface area (Å²) in [6, 6.07) is 0. The van der Waals surface area contributed by atoms with Crippen molar-refractivity contribution < 1.29 is 4.79 Å². The fourth-order valence-electron chi connectivity index (χ4n) is 1.18. The molecule has 0 spiro atoms. The smallest absolute Gasteiger partial charge is 0.162 e. The van der Waals surface area contributed by atoms with E-state index in [2.05, 4.69) is 6.58 Å². The number of carbonyl (C=O) groups is 1. The predicted molar refractivity (Wildman–Crippen MR) is 71.2 cm³/mol. The lowest BCUT2D eigenvalue weighted by atomic mass is 9.96. The fraction of sp³-hybridized carbons (Fsp3) is 0.267. The summed E-state index contributed by atoms with van der Waals surface area (Å²) < 4.78 is 0. The number of hydrogen-bond donors (Lipinski definition) is 0. The van der Waals surface area contributed by atoms with Crippen LogP contribution in [0.3, 0.4) is 0 Å². The van der Waals surface area contributed by atoms with Crippen LogP contribution in [0.5, 0.6) is 0 Å². The molecule has 0 saturated heterocycles. The van der Waals surface area contributed by atoms with Crippen LogP contribution in [0.4, 0.5) is 0 Å². The highest BCUT2D eigenvalue weighted by molar-refractivity contribution is 5.93. The third kappa shape index (κ3) is 6.77. The largest absolute Gasteiger partial charge is 0.294 e. The molecule has 0 fully saturated rings. The predicted octanol–water partition coefficient (Wildman–Crippen LogP) is 4.01. The van der Waals surface area contributed by atoms with Gasteiger partial charge in [-0.25, -0.2) is 0 Å². The van der Waals surface area contributed by atoms with Crippen LogP contribution in [-0.4, -0.2) is 5.78 Å². The number of ketones is 1. The van der Waals surface area contributed by atoms with E-state index >= 15 is 0 Å². The SMILES string of the molecule is C/C=C/C=C/C(=O)C1C=CC=CC1.C=CC.